The van der Waals surface area contributed by atoms with Crippen molar-refractivity contribution in [2.75, 3.05) is 6.61 Å². The van der Waals surface area contributed by atoms with Crippen LogP contribution in [0.5, 0.6) is 0 Å². The topological polar surface area (TPSA) is 57.5 Å². The Bertz CT molecular complexity index is 268. The maximum atomic E-state index is 9.00. The van der Waals surface area contributed by atoms with E-state index >= 15 is 0 Å². The Morgan fingerprint density at radius 2 is 1.13 bits per heavy atom. The second-order valence-corrected chi connectivity index (χ2v) is 5.90. The van der Waals surface area contributed by atoms with Crippen LogP contribution in [0.3, 0.4) is 0 Å². The molecule has 0 spiro atoms. The molecular formula is C20H38O3. The molecule has 0 aliphatic carbocycles. The van der Waals surface area contributed by atoms with Gasteiger partial charge in [-0.25, -0.2) is 0 Å². The fourth-order valence-electron chi connectivity index (χ4n) is 2.22. The first-order valence-corrected chi connectivity index (χ1v) is 9.21. The molecule has 0 aromatic rings. The monoisotopic (exact) mass is 326 g/mol. The van der Waals surface area contributed by atoms with Gasteiger partial charge in [-0.15, -0.1) is 6.58 Å². The van der Waals surface area contributed by atoms with Crippen LogP contribution in [0.15, 0.2) is 24.8 Å². The van der Waals surface area contributed by atoms with E-state index in [0.717, 1.165) is 19.8 Å². The molecule has 0 heterocycles. The molecule has 0 unspecified atom stereocenters. The third-order valence-corrected chi connectivity index (χ3v) is 3.47. The average molecular weight is 327 g/mol. The van der Waals surface area contributed by atoms with Gasteiger partial charge in [-0.1, -0.05) is 56.8 Å². The van der Waals surface area contributed by atoms with Crippen molar-refractivity contribution in [1.29, 1.82) is 0 Å². The Balaban J connectivity index is 0. The summed E-state index contributed by atoms with van der Waals surface area (Å²) in [5, 5.41) is 16.1. The van der Waals surface area contributed by atoms with E-state index in [9.17, 15) is 0 Å². The molecule has 0 aromatic heterocycles. The van der Waals surface area contributed by atoms with Crippen LogP contribution < -0.4 is 0 Å². The van der Waals surface area contributed by atoms with E-state index in [-0.39, 0.29) is 0 Å². The van der Waals surface area contributed by atoms with Crippen molar-refractivity contribution in [2.24, 2.45) is 0 Å². The van der Waals surface area contributed by atoms with Crippen LogP contribution in [0.1, 0.15) is 90.4 Å². The molecule has 136 valence electrons. The zero-order chi connectivity index (χ0) is 17.6. The second kappa shape index (κ2) is 23.2. The smallest absolute Gasteiger partial charge is 0.300 e. The standard InChI is InChI=1S/C18H34O.C2H4O2/c1-2-3-4-5-6-7-8-9-10-11-12-13-14-15-16-17-18-19;1-2(3)4/h2,12-13,19H,1,3-11,14-18H2;1H3,(H,3,4). The van der Waals surface area contributed by atoms with Gasteiger partial charge in [0.25, 0.3) is 5.97 Å². The van der Waals surface area contributed by atoms with Gasteiger partial charge in [0.05, 0.1) is 0 Å². The van der Waals surface area contributed by atoms with Gasteiger partial charge < -0.3 is 10.2 Å². The van der Waals surface area contributed by atoms with Crippen molar-refractivity contribution >= 4 is 5.97 Å². The van der Waals surface area contributed by atoms with Gasteiger partial charge in [-0.05, 0) is 44.9 Å². The number of carbonyl (C=O) groups is 1. The Kier molecular flexibility index (Phi) is 24.4. The molecule has 2 N–H and O–H groups in total. The molecule has 3 nitrogen and oxygen atoms in total. The van der Waals surface area contributed by atoms with E-state index in [0.29, 0.717) is 6.61 Å². The third-order valence-electron chi connectivity index (χ3n) is 3.47. The molecular weight excluding hydrogens is 288 g/mol. The van der Waals surface area contributed by atoms with E-state index in [1.54, 1.807) is 0 Å². The summed E-state index contributed by atoms with van der Waals surface area (Å²) in [6.07, 6.45) is 23.3. The van der Waals surface area contributed by atoms with Crippen molar-refractivity contribution in [1.82, 2.24) is 0 Å². The molecule has 0 atom stereocenters. The van der Waals surface area contributed by atoms with Gasteiger partial charge >= 0.3 is 0 Å². The second-order valence-electron chi connectivity index (χ2n) is 5.90. The van der Waals surface area contributed by atoms with Gasteiger partial charge in [0.2, 0.25) is 0 Å². The molecule has 0 rings (SSSR count). The first kappa shape index (κ1) is 24.2. The van der Waals surface area contributed by atoms with Crippen molar-refractivity contribution in [3.63, 3.8) is 0 Å². The lowest BCUT2D eigenvalue weighted by Gasteiger charge is -2.00. The van der Waals surface area contributed by atoms with Crippen molar-refractivity contribution < 1.29 is 15.0 Å². The van der Waals surface area contributed by atoms with E-state index in [1.807, 2.05) is 6.08 Å². The minimum absolute atomic E-state index is 0.345. The van der Waals surface area contributed by atoms with Crippen LogP contribution in [0, 0.1) is 0 Å². The summed E-state index contributed by atoms with van der Waals surface area (Å²) in [6.45, 7) is 5.17. The predicted molar refractivity (Wildman–Crippen MR) is 99.8 cm³/mol. The fourth-order valence-corrected chi connectivity index (χ4v) is 2.22. The number of hydrogen-bond donors (Lipinski definition) is 2. The predicted octanol–water partition coefficient (Wildman–Crippen LogP) is 5.88. The quantitative estimate of drug-likeness (QED) is 0.292. The van der Waals surface area contributed by atoms with Crippen molar-refractivity contribution in [3.05, 3.63) is 24.8 Å². The first-order chi connectivity index (χ1) is 11.1. The van der Waals surface area contributed by atoms with Crippen LogP contribution in [0.2, 0.25) is 0 Å². The van der Waals surface area contributed by atoms with E-state index in [2.05, 4.69) is 18.7 Å². The minimum Gasteiger partial charge on any atom is -0.481 e. The number of carboxylic acid groups (broad SMARTS) is 1. The van der Waals surface area contributed by atoms with E-state index in [4.69, 9.17) is 15.0 Å². The summed E-state index contributed by atoms with van der Waals surface area (Å²) in [7, 11) is 0. The summed E-state index contributed by atoms with van der Waals surface area (Å²) >= 11 is 0. The van der Waals surface area contributed by atoms with Gasteiger partial charge in [-0.2, -0.15) is 0 Å². The van der Waals surface area contributed by atoms with Gasteiger partial charge in [-0.3, -0.25) is 4.79 Å². The SMILES string of the molecule is C=CCCCCCCCCCC=CCCCCCO.CC(=O)O. The van der Waals surface area contributed by atoms with Crippen molar-refractivity contribution in [3.8, 4) is 0 Å². The number of aliphatic hydroxyl groups is 1. The normalized spacial score (nSPS) is 10.3. The molecule has 0 saturated carbocycles. The molecule has 0 aromatic carbocycles. The first-order valence-electron chi connectivity index (χ1n) is 9.21. The Hall–Kier alpha value is -1.09. The summed E-state index contributed by atoms with van der Waals surface area (Å²) in [4.78, 5) is 9.00. The highest BCUT2D eigenvalue weighted by atomic mass is 16.4. The zero-order valence-corrected chi connectivity index (χ0v) is 15.1. The maximum absolute atomic E-state index is 9.00. The highest BCUT2D eigenvalue weighted by Crippen LogP contribution is 2.10. The lowest BCUT2D eigenvalue weighted by molar-refractivity contribution is -0.134. The van der Waals surface area contributed by atoms with E-state index in [1.165, 1.54) is 70.6 Å². The number of unbranched alkanes of at least 4 members (excludes halogenated alkanes) is 11. The van der Waals surface area contributed by atoms with Crippen LogP contribution in [0.25, 0.3) is 0 Å². The van der Waals surface area contributed by atoms with Crippen LogP contribution in [-0.2, 0) is 4.79 Å². The van der Waals surface area contributed by atoms with Crippen LogP contribution in [0.4, 0.5) is 0 Å². The lowest BCUT2D eigenvalue weighted by Crippen LogP contribution is -1.82. The molecule has 0 amide bonds. The molecule has 0 radical (unpaired) electrons. The third kappa shape index (κ3) is 33.6. The zero-order valence-electron chi connectivity index (χ0n) is 15.1. The minimum atomic E-state index is -0.833. The molecule has 23 heavy (non-hydrogen) atoms. The van der Waals surface area contributed by atoms with Crippen LogP contribution >= 0.6 is 0 Å². The average Bonchev–Trinajstić information content (AvgIpc) is 2.50. The summed E-state index contributed by atoms with van der Waals surface area (Å²) in [5.74, 6) is -0.833. The number of allylic oxidation sites excluding steroid dienone is 3. The molecule has 0 aliphatic rings. The van der Waals surface area contributed by atoms with Crippen LogP contribution in [-0.4, -0.2) is 22.8 Å². The number of carboxylic acids is 1. The largest absolute Gasteiger partial charge is 0.481 e. The van der Waals surface area contributed by atoms with Gasteiger partial charge in [0.15, 0.2) is 0 Å². The Morgan fingerprint density at radius 3 is 1.52 bits per heavy atom. The van der Waals surface area contributed by atoms with Gasteiger partial charge in [0.1, 0.15) is 0 Å². The van der Waals surface area contributed by atoms with Gasteiger partial charge in [0, 0.05) is 13.5 Å². The Labute approximate surface area is 143 Å². The maximum Gasteiger partial charge on any atom is 0.300 e. The number of rotatable bonds is 15. The molecule has 0 saturated heterocycles. The molecule has 3 heteroatoms. The highest BCUT2D eigenvalue weighted by molar-refractivity contribution is 5.62. The summed E-state index contributed by atoms with van der Waals surface area (Å²) in [5.41, 5.74) is 0. The van der Waals surface area contributed by atoms with Crippen molar-refractivity contribution in [2.45, 2.75) is 90.4 Å². The fraction of sp³-hybridized carbons (Fsp3) is 0.750. The summed E-state index contributed by atoms with van der Waals surface area (Å²) < 4.78 is 0. The molecule has 0 fully saturated rings. The number of aliphatic carboxylic acids is 1. The molecule has 0 aliphatic heterocycles. The highest BCUT2D eigenvalue weighted by Gasteiger charge is 1.90. The Morgan fingerprint density at radius 1 is 0.783 bits per heavy atom. The lowest BCUT2D eigenvalue weighted by atomic mass is 10.1. The number of hydrogen-bond acceptors (Lipinski definition) is 2. The summed E-state index contributed by atoms with van der Waals surface area (Å²) in [6, 6.07) is 0. The molecule has 0 bridgehead atoms. The van der Waals surface area contributed by atoms with E-state index < -0.39 is 5.97 Å². The number of aliphatic hydroxyl groups excluding tert-OH is 1.